The lowest BCUT2D eigenvalue weighted by molar-refractivity contribution is -0.141. The van der Waals surface area contributed by atoms with Crippen molar-refractivity contribution in [2.24, 2.45) is 5.92 Å². The number of aliphatic carboxylic acids is 1. The van der Waals surface area contributed by atoms with Crippen molar-refractivity contribution in [1.82, 2.24) is 21.3 Å². The van der Waals surface area contributed by atoms with Crippen molar-refractivity contribution in [2.45, 2.75) is 83.4 Å². The number of amides is 4. The summed E-state index contributed by atoms with van der Waals surface area (Å²) >= 11 is 0. The average Bonchev–Trinajstić information content (AvgIpc) is 3.06. The topological polar surface area (TPSA) is 206 Å². The van der Waals surface area contributed by atoms with Crippen LogP contribution < -0.4 is 27.0 Å². The van der Waals surface area contributed by atoms with Crippen molar-refractivity contribution in [3.05, 3.63) is 65.7 Å². The molecule has 0 aliphatic heterocycles. The molecule has 2 unspecified atom stereocenters. The number of benzene rings is 2. The summed E-state index contributed by atoms with van der Waals surface area (Å²) in [7, 11) is 1.61. The van der Waals surface area contributed by atoms with Crippen LogP contribution in [-0.4, -0.2) is 66.3 Å². The van der Waals surface area contributed by atoms with Gasteiger partial charge in [-0.1, -0.05) is 55.8 Å². The van der Waals surface area contributed by atoms with Crippen LogP contribution in [0.2, 0.25) is 0 Å². The maximum Gasteiger partial charge on any atom is 0.408 e. The molecule has 0 saturated carbocycles. The van der Waals surface area contributed by atoms with E-state index < -0.39 is 35.8 Å². The van der Waals surface area contributed by atoms with Crippen LogP contribution in [0, 0.1) is 5.92 Å². The summed E-state index contributed by atoms with van der Waals surface area (Å²) in [6.45, 7) is 2.32. The maximum atomic E-state index is 13.1. The van der Waals surface area contributed by atoms with E-state index in [1.54, 1.807) is 55.6 Å². The Hall–Kier alpha value is -4.94. The van der Waals surface area contributed by atoms with Crippen LogP contribution in [0.5, 0.6) is 0 Å². The molecule has 2 aromatic rings. The number of alkyl carbamates (subject to hydrolysis) is 1. The van der Waals surface area contributed by atoms with Crippen LogP contribution in [0.3, 0.4) is 0 Å². The molecule has 0 aromatic heterocycles. The molecule has 0 aliphatic rings. The van der Waals surface area contributed by atoms with E-state index in [0.29, 0.717) is 30.6 Å². The van der Waals surface area contributed by atoms with E-state index in [4.69, 9.17) is 10.5 Å². The average molecular weight is 654 g/mol. The molecule has 2 rings (SSSR count). The van der Waals surface area contributed by atoms with Crippen LogP contribution in [0.15, 0.2) is 54.6 Å². The number of hydrogen-bond acceptors (Lipinski definition) is 8. The lowest BCUT2D eigenvalue weighted by Crippen LogP contribution is -2.44. The van der Waals surface area contributed by atoms with Gasteiger partial charge < -0.3 is 36.8 Å². The molecule has 0 saturated heterocycles. The minimum absolute atomic E-state index is 0.000566. The van der Waals surface area contributed by atoms with Gasteiger partial charge in [0.15, 0.2) is 5.78 Å². The van der Waals surface area contributed by atoms with Crippen LogP contribution >= 0.6 is 0 Å². The Labute approximate surface area is 275 Å². The summed E-state index contributed by atoms with van der Waals surface area (Å²) in [6, 6.07) is 13.2. The number of ketones is 1. The molecule has 256 valence electrons. The monoisotopic (exact) mass is 653 g/mol. The first kappa shape index (κ1) is 38.2. The number of unbranched alkanes of at least 4 members (excludes halogenated alkanes) is 1. The van der Waals surface area contributed by atoms with Crippen LogP contribution in [0.25, 0.3) is 0 Å². The fourth-order valence-electron chi connectivity index (χ4n) is 4.82. The number of carboxylic acids is 1. The van der Waals surface area contributed by atoms with Crippen LogP contribution in [-0.2, 0) is 41.7 Å². The van der Waals surface area contributed by atoms with Gasteiger partial charge >= 0.3 is 12.1 Å². The number of nitrogens with two attached hydrogens (primary N) is 1. The van der Waals surface area contributed by atoms with E-state index >= 15 is 0 Å². The van der Waals surface area contributed by atoms with Gasteiger partial charge in [0, 0.05) is 50.9 Å². The number of carbonyl (C=O) groups excluding carboxylic acids is 5. The van der Waals surface area contributed by atoms with E-state index in [1.165, 1.54) is 0 Å². The first-order valence-electron chi connectivity index (χ1n) is 15.9. The standard InChI is InChI=1S/C34H47N5O8/c1-3-25(32(43)36-2)11-7-8-20-37-30(41)18-16-27(39-34(46)47-22-24-9-5-4-6-10-24)29(40)17-19-31(42)38-28(33(44)45)21-23-12-14-26(35)15-13-23/h4-6,9-10,12-15,25,27-28H,3,7-8,11,16-22,35H2,1-2H3,(H,36,43)(H,37,41)(H,38,42)(H,39,46)(H,44,45)/t25?,27-,28?/m0/s1. The molecule has 13 heteroatoms. The molecule has 0 bridgehead atoms. The lowest BCUT2D eigenvalue weighted by Gasteiger charge is -2.18. The number of nitrogen functional groups attached to an aromatic ring is 1. The molecule has 13 nitrogen and oxygen atoms in total. The van der Waals surface area contributed by atoms with Gasteiger partial charge in [0.05, 0.1) is 6.04 Å². The number of carbonyl (C=O) groups is 6. The molecule has 0 aliphatic carbocycles. The molecular weight excluding hydrogens is 606 g/mol. The third-order valence-corrected chi connectivity index (χ3v) is 7.62. The Balaban J connectivity index is 1.91. The van der Waals surface area contributed by atoms with Gasteiger partial charge in [0.1, 0.15) is 12.6 Å². The Morgan fingerprint density at radius 3 is 2.15 bits per heavy atom. The number of ether oxygens (including phenoxy) is 1. The van der Waals surface area contributed by atoms with Gasteiger partial charge in [0.25, 0.3) is 0 Å². The minimum atomic E-state index is -1.23. The zero-order chi connectivity index (χ0) is 34.6. The van der Waals surface area contributed by atoms with Crippen molar-refractivity contribution in [2.75, 3.05) is 19.3 Å². The van der Waals surface area contributed by atoms with Gasteiger partial charge in [-0.15, -0.1) is 0 Å². The van der Waals surface area contributed by atoms with E-state index in [1.807, 2.05) is 13.0 Å². The van der Waals surface area contributed by atoms with E-state index in [-0.39, 0.29) is 56.4 Å². The molecule has 4 amide bonds. The number of hydrogen-bond donors (Lipinski definition) is 6. The van der Waals surface area contributed by atoms with Crippen molar-refractivity contribution in [3.8, 4) is 0 Å². The highest BCUT2D eigenvalue weighted by molar-refractivity contribution is 5.92. The summed E-state index contributed by atoms with van der Waals surface area (Å²) < 4.78 is 5.25. The number of carboxylic acid groups (broad SMARTS) is 1. The third-order valence-electron chi connectivity index (χ3n) is 7.62. The van der Waals surface area contributed by atoms with Gasteiger partial charge in [-0.05, 0) is 48.9 Å². The first-order chi connectivity index (χ1) is 22.5. The van der Waals surface area contributed by atoms with Crippen molar-refractivity contribution in [3.63, 3.8) is 0 Å². The van der Waals surface area contributed by atoms with Crippen LogP contribution in [0.1, 0.15) is 69.4 Å². The van der Waals surface area contributed by atoms with Gasteiger partial charge in [-0.3, -0.25) is 19.2 Å². The molecule has 0 spiro atoms. The fourth-order valence-corrected chi connectivity index (χ4v) is 4.82. The molecule has 7 N–H and O–H groups in total. The second-order valence-electron chi connectivity index (χ2n) is 11.2. The summed E-state index contributed by atoms with van der Waals surface area (Å²) in [4.78, 5) is 74.5. The smallest absolute Gasteiger partial charge is 0.408 e. The summed E-state index contributed by atoms with van der Waals surface area (Å²) in [5, 5.41) is 20.0. The van der Waals surface area contributed by atoms with E-state index in [0.717, 1.165) is 18.4 Å². The minimum Gasteiger partial charge on any atom is -0.480 e. The highest BCUT2D eigenvalue weighted by Crippen LogP contribution is 2.13. The SMILES string of the molecule is CCC(CCCCNC(=O)CC[C@H](NC(=O)OCc1ccccc1)C(=O)CCC(=O)NC(Cc1ccc(N)cc1)C(=O)O)C(=O)NC. The molecule has 2 aromatic carbocycles. The zero-order valence-electron chi connectivity index (χ0n) is 27.1. The predicted octanol–water partition coefficient (Wildman–Crippen LogP) is 2.86. The number of rotatable bonds is 21. The molecule has 0 heterocycles. The molecule has 47 heavy (non-hydrogen) atoms. The van der Waals surface area contributed by atoms with E-state index in [2.05, 4.69) is 21.3 Å². The number of Topliss-reactive ketones (excluding diaryl/α,β-unsaturated/α-hetero) is 1. The zero-order valence-corrected chi connectivity index (χ0v) is 27.1. The number of nitrogens with one attached hydrogen (secondary N) is 4. The summed E-state index contributed by atoms with van der Waals surface area (Å²) in [5.41, 5.74) is 7.60. The van der Waals surface area contributed by atoms with Crippen LogP contribution in [0.4, 0.5) is 10.5 Å². The maximum absolute atomic E-state index is 13.1. The van der Waals surface area contributed by atoms with E-state index in [9.17, 15) is 33.9 Å². The van der Waals surface area contributed by atoms with Crippen molar-refractivity contribution in [1.29, 1.82) is 0 Å². The quantitative estimate of drug-likeness (QED) is 0.0864. The predicted molar refractivity (Wildman–Crippen MR) is 176 cm³/mol. The van der Waals surface area contributed by atoms with Crippen molar-refractivity contribution < 1.29 is 38.6 Å². The second kappa shape index (κ2) is 21.0. The molecule has 0 radical (unpaired) electrons. The normalized spacial score (nSPS) is 12.6. The Morgan fingerprint density at radius 2 is 1.51 bits per heavy atom. The fraction of sp³-hybridized carbons (Fsp3) is 0.471. The second-order valence-corrected chi connectivity index (χ2v) is 11.2. The van der Waals surface area contributed by atoms with Crippen molar-refractivity contribution >= 4 is 41.3 Å². The molecule has 3 atom stereocenters. The summed E-state index contributed by atoms with van der Waals surface area (Å²) in [5.74, 6) is -2.77. The lowest BCUT2D eigenvalue weighted by atomic mass is 9.98. The number of anilines is 1. The highest BCUT2D eigenvalue weighted by atomic mass is 16.5. The highest BCUT2D eigenvalue weighted by Gasteiger charge is 2.25. The Morgan fingerprint density at radius 1 is 0.809 bits per heavy atom. The van der Waals surface area contributed by atoms with Gasteiger partial charge in [-0.2, -0.15) is 0 Å². The summed E-state index contributed by atoms with van der Waals surface area (Å²) in [6.07, 6.45) is 1.33. The Bertz CT molecular complexity index is 1320. The first-order valence-corrected chi connectivity index (χ1v) is 15.9. The largest absolute Gasteiger partial charge is 0.480 e. The van der Waals surface area contributed by atoms with Gasteiger partial charge in [0.2, 0.25) is 17.7 Å². The molecule has 0 fully saturated rings. The Kier molecular flexibility index (Phi) is 17.1. The third kappa shape index (κ3) is 15.3. The molecular formula is C34H47N5O8. The van der Waals surface area contributed by atoms with Gasteiger partial charge in [-0.25, -0.2) is 9.59 Å².